The summed E-state index contributed by atoms with van der Waals surface area (Å²) in [5.74, 6) is 1.83. The Balaban J connectivity index is 1.83. The number of nitrogens with zero attached hydrogens (tertiary/aromatic N) is 1. The molecule has 3 rings (SSSR count). The second-order valence-corrected chi connectivity index (χ2v) is 7.21. The van der Waals surface area contributed by atoms with Crippen LogP contribution in [-0.2, 0) is 13.1 Å². The third-order valence-electron chi connectivity index (χ3n) is 4.76. The van der Waals surface area contributed by atoms with Crippen LogP contribution in [-0.4, -0.2) is 31.3 Å². The molecular formula is C24H25FN2O3S. The first-order valence-electron chi connectivity index (χ1n) is 9.67. The Labute approximate surface area is 187 Å². The maximum Gasteiger partial charge on any atom is 0.174 e. The summed E-state index contributed by atoms with van der Waals surface area (Å²) in [5, 5.41) is 3.78. The molecule has 0 aliphatic carbocycles. The van der Waals surface area contributed by atoms with Crippen molar-refractivity contribution in [3.8, 4) is 17.2 Å². The van der Waals surface area contributed by atoms with E-state index in [-0.39, 0.29) is 5.82 Å². The Morgan fingerprint density at radius 1 is 0.806 bits per heavy atom. The van der Waals surface area contributed by atoms with Crippen molar-refractivity contribution in [2.45, 2.75) is 13.1 Å². The van der Waals surface area contributed by atoms with E-state index in [9.17, 15) is 4.39 Å². The minimum atomic E-state index is -0.269. The van der Waals surface area contributed by atoms with Gasteiger partial charge in [-0.15, -0.1) is 0 Å². The molecule has 3 aromatic carbocycles. The van der Waals surface area contributed by atoms with Crippen molar-refractivity contribution in [1.82, 2.24) is 4.90 Å². The minimum absolute atomic E-state index is 0.269. The third-order valence-corrected chi connectivity index (χ3v) is 5.12. The number of benzene rings is 3. The first-order valence-corrected chi connectivity index (χ1v) is 10.1. The Morgan fingerprint density at radius 2 is 1.35 bits per heavy atom. The molecule has 0 bridgehead atoms. The molecule has 0 fully saturated rings. The summed E-state index contributed by atoms with van der Waals surface area (Å²) in [6, 6.07) is 19.7. The fourth-order valence-corrected chi connectivity index (χ4v) is 3.30. The molecule has 31 heavy (non-hydrogen) atoms. The lowest BCUT2D eigenvalue weighted by atomic mass is 10.1. The number of halogens is 1. The van der Waals surface area contributed by atoms with Gasteiger partial charge >= 0.3 is 0 Å². The van der Waals surface area contributed by atoms with Gasteiger partial charge in [-0.3, -0.25) is 0 Å². The molecule has 0 unspecified atom stereocenters. The highest BCUT2D eigenvalue weighted by molar-refractivity contribution is 7.80. The molecule has 0 saturated heterocycles. The highest BCUT2D eigenvalue weighted by Gasteiger charge is 2.14. The van der Waals surface area contributed by atoms with Gasteiger partial charge in [0.05, 0.1) is 27.0 Å². The molecule has 0 spiro atoms. The maximum absolute atomic E-state index is 13.3. The van der Waals surface area contributed by atoms with Crippen molar-refractivity contribution in [3.05, 3.63) is 83.7 Å². The average Bonchev–Trinajstić information content (AvgIpc) is 2.80. The standard InChI is InChI=1S/C24H25FN2O3S/c1-28-20-10-6-18(7-11-20)16-27(15-17-4-8-19(25)9-5-17)24(31)26-22-13-12-21(29-2)14-23(22)30-3/h4-14H,15-16H2,1-3H3,(H,26,31). The highest BCUT2D eigenvalue weighted by Crippen LogP contribution is 2.29. The lowest BCUT2D eigenvalue weighted by molar-refractivity contribution is 0.394. The molecule has 5 nitrogen and oxygen atoms in total. The van der Waals surface area contributed by atoms with Gasteiger partial charge in [-0.05, 0) is 59.7 Å². The van der Waals surface area contributed by atoms with Crippen molar-refractivity contribution in [3.63, 3.8) is 0 Å². The lowest BCUT2D eigenvalue weighted by Crippen LogP contribution is -2.34. The second-order valence-electron chi connectivity index (χ2n) is 6.83. The third kappa shape index (κ3) is 6.08. The second kappa shape index (κ2) is 10.6. The molecule has 0 atom stereocenters. The lowest BCUT2D eigenvalue weighted by Gasteiger charge is -2.27. The summed E-state index contributed by atoms with van der Waals surface area (Å²) < 4.78 is 29.3. The van der Waals surface area contributed by atoms with E-state index in [0.29, 0.717) is 29.7 Å². The molecule has 0 aliphatic rings. The van der Waals surface area contributed by atoms with E-state index in [0.717, 1.165) is 22.6 Å². The van der Waals surface area contributed by atoms with Crippen LogP contribution in [0.1, 0.15) is 11.1 Å². The first-order chi connectivity index (χ1) is 15.0. The van der Waals surface area contributed by atoms with Gasteiger partial charge < -0.3 is 24.4 Å². The van der Waals surface area contributed by atoms with Crippen molar-refractivity contribution < 1.29 is 18.6 Å². The van der Waals surface area contributed by atoms with Crippen molar-refractivity contribution in [1.29, 1.82) is 0 Å². The number of anilines is 1. The summed E-state index contributed by atoms with van der Waals surface area (Å²) in [7, 11) is 4.83. The highest BCUT2D eigenvalue weighted by atomic mass is 32.1. The zero-order valence-electron chi connectivity index (χ0n) is 17.7. The molecule has 0 aliphatic heterocycles. The minimum Gasteiger partial charge on any atom is -0.497 e. The molecule has 7 heteroatoms. The number of methoxy groups -OCH3 is 3. The van der Waals surface area contributed by atoms with Crippen LogP contribution in [0.4, 0.5) is 10.1 Å². The van der Waals surface area contributed by atoms with Crippen LogP contribution in [0.5, 0.6) is 17.2 Å². The number of hydrogen-bond donors (Lipinski definition) is 1. The molecule has 0 amide bonds. The number of thiocarbonyl (C=S) groups is 1. The molecular weight excluding hydrogens is 415 g/mol. The molecule has 3 aromatic rings. The molecule has 0 aromatic heterocycles. The molecule has 0 saturated carbocycles. The number of rotatable bonds is 8. The largest absolute Gasteiger partial charge is 0.497 e. The Kier molecular flexibility index (Phi) is 7.67. The van der Waals surface area contributed by atoms with Gasteiger partial charge in [0.15, 0.2) is 5.11 Å². The van der Waals surface area contributed by atoms with Crippen LogP contribution in [0.25, 0.3) is 0 Å². The topological polar surface area (TPSA) is 43.0 Å². The van der Waals surface area contributed by atoms with E-state index in [1.54, 1.807) is 39.5 Å². The van der Waals surface area contributed by atoms with Crippen LogP contribution < -0.4 is 19.5 Å². The van der Waals surface area contributed by atoms with Crippen LogP contribution in [0, 0.1) is 5.82 Å². The van der Waals surface area contributed by atoms with Crippen molar-refractivity contribution in [2.24, 2.45) is 0 Å². The van der Waals surface area contributed by atoms with E-state index in [2.05, 4.69) is 5.32 Å². The molecule has 1 N–H and O–H groups in total. The summed E-state index contributed by atoms with van der Waals surface area (Å²) in [6.45, 7) is 1.07. The summed E-state index contributed by atoms with van der Waals surface area (Å²) in [5.41, 5.74) is 2.74. The summed E-state index contributed by atoms with van der Waals surface area (Å²) in [6.07, 6.45) is 0. The summed E-state index contributed by atoms with van der Waals surface area (Å²) in [4.78, 5) is 2.01. The fraction of sp³-hybridized carbons (Fsp3) is 0.208. The smallest absolute Gasteiger partial charge is 0.174 e. The van der Waals surface area contributed by atoms with Crippen molar-refractivity contribution >= 4 is 23.0 Å². The Hall–Kier alpha value is -3.32. The molecule has 0 radical (unpaired) electrons. The SMILES string of the molecule is COc1ccc(CN(Cc2ccc(F)cc2)C(=S)Nc2ccc(OC)cc2OC)cc1. The fourth-order valence-electron chi connectivity index (χ4n) is 3.06. The van der Waals surface area contributed by atoms with Crippen LogP contribution in [0.3, 0.4) is 0 Å². The van der Waals surface area contributed by atoms with Gasteiger partial charge in [0, 0.05) is 19.2 Å². The quantitative estimate of drug-likeness (QED) is 0.483. The van der Waals surface area contributed by atoms with E-state index in [4.69, 9.17) is 26.4 Å². The average molecular weight is 441 g/mol. The van der Waals surface area contributed by atoms with Crippen LogP contribution >= 0.6 is 12.2 Å². The number of nitrogens with one attached hydrogen (secondary N) is 1. The van der Waals surface area contributed by atoms with Gasteiger partial charge in [0.2, 0.25) is 0 Å². The van der Waals surface area contributed by atoms with Gasteiger partial charge in [0.25, 0.3) is 0 Å². The molecule has 162 valence electrons. The predicted octanol–water partition coefficient (Wildman–Crippen LogP) is 5.25. The maximum atomic E-state index is 13.3. The van der Waals surface area contributed by atoms with Gasteiger partial charge in [-0.2, -0.15) is 0 Å². The van der Waals surface area contributed by atoms with Crippen LogP contribution in [0.15, 0.2) is 66.7 Å². The zero-order valence-corrected chi connectivity index (χ0v) is 18.5. The Morgan fingerprint density at radius 3 is 1.90 bits per heavy atom. The van der Waals surface area contributed by atoms with E-state index in [1.165, 1.54) is 12.1 Å². The first kappa shape index (κ1) is 22.4. The van der Waals surface area contributed by atoms with E-state index < -0.39 is 0 Å². The predicted molar refractivity (Wildman–Crippen MR) is 124 cm³/mol. The van der Waals surface area contributed by atoms with E-state index >= 15 is 0 Å². The van der Waals surface area contributed by atoms with Gasteiger partial charge in [0.1, 0.15) is 23.1 Å². The number of hydrogen-bond acceptors (Lipinski definition) is 4. The number of ether oxygens (including phenoxy) is 3. The zero-order chi connectivity index (χ0) is 22.2. The van der Waals surface area contributed by atoms with Crippen molar-refractivity contribution in [2.75, 3.05) is 26.6 Å². The summed E-state index contributed by atoms with van der Waals surface area (Å²) >= 11 is 5.73. The van der Waals surface area contributed by atoms with Crippen LogP contribution in [0.2, 0.25) is 0 Å². The monoisotopic (exact) mass is 440 g/mol. The Bertz CT molecular complexity index is 1010. The molecule has 0 heterocycles. The van der Waals surface area contributed by atoms with E-state index in [1.807, 2.05) is 41.3 Å². The van der Waals surface area contributed by atoms with Gasteiger partial charge in [-0.25, -0.2) is 4.39 Å². The van der Waals surface area contributed by atoms with Gasteiger partial charge in [-0.1, -0.05) is 24.3 Å². The normalized spacial score (nSPS) is 10.3.